The van der Waals surface area contributed by atoms with Crippen LogP contribution in [0.15, 0.2) is 32.9 Å². The third-order valence-corrected chi connectivity index (χ3v) is 2.90. The summed E-state index contributed by atoms with van der Waals surface area (Å²) >= 11 is 3.50. The Morgan fingerprint density at radius 3 is 2.85 bits per heavy atom. The summed E-state index contributed by atoms with van der Waals surface area (Å²) in [6.45, 7) is 2.07. The summed E-state index contributed by atoms with van der Waals surface area (Å²) in [6, 6.07) is 6.25. The summed E-state index contributed by atoms with van der Waals surface area (Å²) in [6.07, 6.45) is 2.67. The van der Waals surface area contributed by atoms with Crippen molar-refractivity contribution in [1.82, 2.24) is 0 Å². The van der Waals surface area contributed by atoms with Crippen molar-refractivity contribution in [2.45, 2.75) is 13.3 Å². The molecule has 0 fully saturated rings. The van der Waals surface area contributed by atoms with Crippen molar-refractivity contribution in [2.75, 3.05) is 0 Å². The zero-order valence-corrected chi connectivity index (χ0v) is 8.87. The maximum absolute atomic E-state index is 4.04. The van der Waals surface area contributed by atoms with Crippen molar-refractivity contribution >= 4 is 27.9 Å². The van der Waals surface area contributed by atoms with Gasteiger partial charge in [-0.15, -0.1) is 0 Å². The van der Waals surface area contributed by atoms with Crippen LogP contribution in [0, 0.1) is 6.92 Å². The molecule has 3 heteroatoms. The number of benzene rings is 1. The third kappa shape index (κ3) is 1.70. The molecule has 0 atom stereocenters. The lowest BCUT2D eigenvalue weighted by molar-refractivity contribution is 1.27. The van der Waals surface area contributed by atoms with Gasteiger partial charge < -0.3 is 0 Å². The molecule has 0 unspecified atom stereocenters. The molecular weight excluding hydrogens is 228 g/mol. The van der Waals surface area contributed by atoms with Crippen LogP contribution in [0.5, 0.6) is 0 Å². The van der Waals surface area contributed by atoms with Crippen molar-refractivity contribution in [3.63, 3.8) is 0 Å². The van der Waals surface area contributed by atoms with E-state index < -0.39 is 0 Å². The zero-order valence-electron chi connectivity index (χ0n) is 7.29. The van der Waals surface area contributed by atoms with Crippen LogP contribution in [0.25, 0.3) is 0 Å². The van der Waals surface area contributed by atoms with Gasteiger partial charge in [-0.3, -0.25) is 0 Å². The van der Waals surface area contributed by atoms with Crippen molar-refractivity contribution in [1.29, 1.82) is 0 Å². The van der Waals surface area contributed by atoms with Crippen LogP contribution >= 0.6 is 15.9 Å². The first-order valence-corrected chi connectivity index (χ1v) is 4.91. The molecule has 2 rings (SSSR count). The number of hydrogen-bond acceptors (Lipinski definition) is 2. The van der Waals surface area contributed by atoms with E-state index >= 15 is 0 Å². The minimum Gasteiger partial charge on any atom is -0.163 e. The van der Waals surface area contributed by atoms with E-state index in [1.807, 2.05) is 6.21 Å². The van der Waals surface area contributed by atoms with E-state index in [2.05, 4.69) is 51.3 Å². The third-order valence-electron chi connectivity index (χ3n) is 2.05. The number of nitrogens with zero attached hydrogens (tertiary/aromatic N) is 2. The Bertz CT molecular complexity index is 394. The van der Waals surface area contributed by atoms with Crippen molar-refractivity contribution in [3.05, 3.63) is 33.8 Å². The quantitative estimate of drug-likeness (QED) is 0.717. The number of halogens is 1. The Hall–Kier alpha value is -0.960. The van der Waals surface area contributed by atoms with Gasteiger partial charge in [0.05, 0.1) is 5.71 Å². The van der Waals surface area contributed by atoms with Crippen LogP contribution in [0.3, 0.4) is 0 Å². The summed E-state index contributed by atoms with van der Waals surface area (Å²) in [5.74, 6) is 0. The number of rotatable bonds is 1. The molecule has 0 aliphatic carbocycles. The van der Waals surface area contributed by atoms with E-state index in [0.717, 1.165) is 22.2 Å². The fraction of sp³-hybridized carbons (Fsp3) is 0.200. The van der Waals surface area contributed by atoms with Gasteiger partial charge in [-0.05, 0) is 24.1 Å². The summed E-state index contributed by atoms with van der Waals surface area (Å²) in [5, 5.41) is 7.88. The van der Waals surface area contributed by atoms with Crippen LogP contribution < -0.4 is 0 Å². The molecule has 1 aliphatic heterocycles. The maximum atomic E-state index is 4.04. The molecule has 0 saturated heterocycles. The lowest BCUT2D eigenvalue weighted by Gasteiger charge is -2.02. The summed E-state index contributed by atoms with van der Waals surface area (Å²) in [5.41, 5.74) is 3.43. The van der Waals surface area contributed by atoms with E-state index in [1.165, 1.54) is 5.56 Å². The van der Waals surface area contributed by atoms with Crippen molar-refractivity contribution < 1.29 is 0 Å². The highest BCUT2D eigenvalue weighted by atomic mass is 79.9. The van der Waals surface area contributed by atoms with Gasteiger partial charge in [0.25, 0.3) is 0 Å². The topological polar surface area (TPSA) is 24.7 Å². The molecule has 13 heavy (non-hydrogen) atoms. The van der Waals surface area contributed by atoms with Gasteiger partial charge in [-0.2, -0.15) is 10.2 Å². The molecule has 1 aromatic carbocycles. The molecule has 2 nitrogen and oxygen atoms in total. The average molecular weight is 237 g/mol. The van der Waals surface area contributed by atoms with E-state index in [4.69, 9.17) is 0 Å². The Morgan fingerprint density at radius 2 is 2.23 bits per heavy atom. The second-order valence-electron chi connectivity index (χ2n) is 3.01. The van der Waals surface area contributed by atoms with Gasteiger partial charge in [0.2, 0.25) is 0 Å². The molecule has 0 amide bonds. The van der Waals surface area contributed by atoms with Crippen LogP contribution in [-0.2, 0) is 0 Å². The summed E-state index contributed by atoms with van der Waals surface area (Å²) in [4.78, 5) is 0. The monoisotopic (exact) mass is 236 g/mol. The molecule has 66 valence electrons. The highest BCUT2D eigenvalue weighted by Gasteiger charge is 2.07. The SMILES string of the molecule is Cc1ccc(C2=NN=CC2)cc1Br. The molecule has 0 spiro atoms. The molecular formula is C10H9BrN2. The molecule has 0 saturated carbocycles. The molecule has 0 N–H and O–H groups in total. The van der Waals surface area contributed by atoms with Gasteiger partial charge in [0.1, 0.15) is 0 Å². The van der Waals surface area contributed by atoms with Crippen molar-refractivity contribution in [2.24, 2.45) is 10.2 Å². The van der Waals surface area contributed by atoms with Crippen LogP contribution in [-0.4, -0.2) is 11.9 Å². The normalized spacial score (nSPS) is 14.8. The smallest absolute Gasteiger partial charge is 0.0756 e. The first kappa shape index (κ1) is 8.63. The van der Waals surface area contributed by atoms with E-state index in [-0.39, 0.29) is 0 Å². The highest BCUT2D eigenvalue weighted by Crippen LogP contribution is 2.19. The number of aryl methyl sites for hydroxylation is 1. The summed E-state index contributed by atoms with van der Waals surface area (Å²) in [7, 11) is 0. The van der Waals surface area contributed by atoms with E-state index in [0.29, 0.717) is 0 Å². The minimum absolute atomic E-state index is 0.843. The first-order valence-electron chi connectivity index (χ1n) is 4.12. The van der Waals surface area contributed by atoms with Crippen LogP contribution in [0.1, 0.15) is 17.5 Å². The Kier molecular flexibility index (Phi) is 2.27. The number of hydrogen-bond donors (Lipinski definition) is 0. The molecule has 1 heterocycles. The second-order valence-corrected chi connectivity index (χ2v) is 3.87. The lowest BCUT2D eigenvalue weighted by atomic mass is 10.1. The predicted molar refractivity (Wildman–Crippen MR) is 58.5 cm³/mol. The average Bonchev–Trinajstić information content (AvgIpc) is 2.62. The fourth-order valence-electron chi connectivity index (χ4n) is 1.23. The van der Waals surface area contributed by atoms with Gasteiger partial charge in [-0.25, -0.2) is 0 Å². The Balaban J connectivity index is 2.37. The van der Waals surface area contributed by atoms with Gasteiger partial charge in [-0.1, -0.05) is 28.1 Å². The van der Waals surface area contributed by atoms with Crippen molar-refractivity contribution in [3.8, 4) is 0 Å². The van der Waals surface area contributed by atoms with Crippen LogP contribution in [0.4, 0.5) is 0 Å². The van der Waals surface area contributed by atoms with Crippen LogP contribution in [0.2, 0.25) is 0 Å². The Labute approximate surface area is 85.5 Å². The minimum atomic E-state index is 0.843. The predicted octanol–water partition coefficient (Wildman–Crippen LogP) is 2.94. The Morgan fingerprint density at radius 1 is 1.38 bits per heavy atom. The first-order chi connectivity index (χ1) is 6.27. The summed E-state index contributed by atoms with van der Waals surface area (Å²) < 4.78 is 1.12. The lowest BCUT2D eigenvalue weighted by Crippen LogP contribution is -1.97. The maximum Gasteiger partial charge on any atom is 0.0756 e. The van der Waals surface area contributed by atoms with Gasteiger partial charge >= 0.3 is 0 Å². The highest BCUT2D eigenvalue weighted by molar-refractivity contribution is 9.10. The fourth-order valence-corrected chi connectivity index (χ4v) is 1.61. The standard InChI is InChI=1S/C10H9BrN2/c1-7-2-3-8(6-9(7)11)10-4-5-12-13-10/h2-3,5-6H,4H2,1H3. The second kappa shape index (κ2) is 3.42. The van der Waals surface area contributed by atoms with Gasteiger partial charge in [0.15, 0.2) is 0 Å². The largest absolute Gasteiger partial charge is 0.163 e. The molecule has 0 radical (unpaired) electrons. The molecule has 1 aliphatic rings. The van der Waals surface area contributed by atoms with E-state index in [9.17, 15) is 0 Å². The molecule has 1 aromatic rings. The van der Waals surface area contributed by atoms with Gasteiger partial charge in [0, 0.05) is 17.1 Å². The zero-order chi connectivity index (χ0) is 9.26. The van der Waals surface area contributed by atoms with E-state index in [1.54, 1.807) is 0 Å². The molecule has 0 bridgehead atoms. The molecule has 0 aromatic heterocycles.